The van der Waals surface area contributed by atoms with E-state index in [-0.39, 0.29) is 24.6 Å². The van der Waals surface area contributed by atoms with Gasteiger partial charge in [-0.2, -0.15) is 0 Å². The fraction of sp³-hybridized carbons (Fsp3) is 0.250. The van der Waals surface area contributed by atoms with Gasteiger partial charge >= 0.3 is 0 Å². The maximum atomic E-state index is 13.5. The van der Waals surface area contributed by atoms with Crippen LogP contribution in [0, 0.1) is 11.2 Å². The van der Waals surface area contributed by atoms with E-state index >= 15 is 0 Å². The first-order valence-electron chi connectivity index (χ1n) is 8.67. The molecule has 2 heterocycles. The molecule has 0 radical (unpaired) electrons. The van der Waals surface area contributed by atoms with Crippen molar-refractivity contribution < 1.29 is 13.2 Å². The molecule has 0 spiro atoms. The molecule has 27 heavy (non-hydrogen) atoms. The summed E-state index contributed by atoms with van der Waals surface area (Å²) in [5.41, 5.74) is 9.22. The molecule has 3 aliphatic rings. The first-order chi connectivity index (χ1) is 12.9. The average Bonchev–Trinajstić information content (AvgIpc) is 3.35. The summed E-state index contributed by atoms with van der Waals surface area (Å²) in [4.78, 5) is 0. The van der Waals surface area contributed by atoms with Gasteiger partial charge < -0.3 is 16.4 Å². The van der Waals surface area contributed by atoms with Crippen molar-refractivity contribution in [3.63, 3.8) is 0 Å². The number of rotatable bonds is 2. The lowest BCUT2D eigenvalue weighted by atomic mass is 10.1. The number of allylic oxidation sites excluding steroid dienone is 3. The molecule has 0 aromatic heterocycles. The quantitative estimate of drug-likeness (QED) is 0.481. The van der Waals surface area contributed by atoms with Gasteiger partial charge in [-0.3, -0.25) is 5.41 Å². The lowest BCUT2D eigenvalue weighted by Gasteiger charge is -2.21. The zero-order chi connectivity index (χ0) is 19.4. The number of dihydropyridines is 1. The molecule has 4 nitrogen and oxygen atoms in total. The summed E-state index contributed by atoms with van der Waals surface area (Å²) in [6, 6.07) is 4.97. The van der Waals surface area contributed by atoms with Gasteiger partial charge in [-0.1, -0.05) is 18.2 Å². The van der Waals surface area contributed by atoms with E-state index in [0.29, 0.717) is 17.6 Å². The van der Waals surface area contributed by atoms with Gasteiger partial charge in [0.1, 0.15) is 11.7 Å². The maximum Gasteiger partial charge on any atom is 0.260 e. The zero-order valence-electron chi connectivity index (χ0n) is 14.7. The van der Waals surface area contributed by atoms with Gasteiger partial charge in [-0.05, 0) is 48.4 Å². The van der Waals surface area contributed by atoms with E-state index in [1.807, 2.05) is 24.3 Å². The third kappa shape index (κ3) is 4.68. The first kappa shape index (κ1) is 19.0. The fourth-order valence-electron chi connectivity index (χ4n) is 2.95. The molecular formula is C20H21F3N4. The van der Waals surface area contributed by atoms with E-state index < -0.39 is 5.92 Å². The summed E-state index contributed by atoms with van der Waals surface area (Å²) < 4.78 is 37.8. The highest BCUT2D eigenvalue weighted by Crippen LogP contribution is 2.44. The largest absolute Gasteiger partial charge is 0.384 e. The van der Waals surface area contributed by atoms with Crippen molar-refractivity contribution in [3.8, 4) is 0 Å². The molecule has 1 saturated heterocycles. The minimum Gasteiger partial charge on any atom is -0.384 e. The van der Waals surface area contributed by atoms with Crippen LogP contribution in [0.5, 0.6) is 0 Å². The minimum absolute atomic E-state index is 0.0480. The Morgan fingerprint density at radius 2 is 2.07 bits per heavy atom. The van der Waals surface area contributed by atoms with Crippen LogP contribution in [0.1, 0.15) is 24.0 Å². The highest BCUT2D eigenvalue weighted by Gasteiger charge is 2.30. The number of amidine groups is 1. The Hall–Kier alpha value is -2.80. The summed E-state index contributed by atoms with van der Waals surface area (Å²) in [7, 11) is 0. The molecule has 1 aliphatic carbocycles. The molecule has 4 rings (SSSR count). The molecule has 7 heteroatoms. The lowest BCUT2D eigenvalue weighted by molar-refractivity contribution is -0.0208. The number of benzene rings is 1. The number of nitrogens with one attached hydrogen (secondary N) is 3. The highest BCUT2D eigenvalue weighted by atomic mass is 19.3. The van der Waals surface area contributed by atoms with Crippen molar-refractivity contribution in [3.05, 3.63) is 76.9 Å². The minimum atomic E-state index is -2.43. The molecule has 1 aromatic carbocycles. The Kier molecular flexibility index (Phi) is 5.51. The molecule has 0 saturated carbocycles. The Balaban J connectivity index is 0.000000221. The van der Waals surface area contributed by atoms with Crippen molar-refractivity contribution in [2.75, 3.05) is 13.1 Å². The SMILES string of the molecule is FC1(F)CCCNC1.N=C(N)C(/C=C1\c2cccc(F)c21)=C1\C=CC=CN1. The molecular weight excluding hydrogens is 353 g/mol. The van der Waals surface area contributed by atoms with Crippen LogP contribution in [-0.2, 0) is 0 Å². The maximum absolute atomic E-state index is 13.5. The van der Waals surface area contributed by atoms with Gasteiger partial charge in [0.15, 0.2) is 0 Å². The van der Waals surface area contributed by atoms with Crippen LogP contribution >= 0.6 is 0 Å². The van der Waals surface area contributed by atoms with E-state index in [9.17, 15) is 13.2 Å². The average molecular weight is 374 g/mol. The second-order valence-electron chi connectivity index (χ2n) is 6.46. The summed E-state index contributed by atoms with van der Waals surface area (Å²) in [5, 5.41) is 13.3. The summed E-state index contributed by atoms with van der Waals surface area (Å²) in [6.07, 6.45) is 9.71. The van der Waals surface area contributed by atoms with Crippen molar-refractivity contribution in [1.82, 2.24) is 10.6 Å². The molecule has 1 aromatic rings. The molecule has 0 amide bonds. The summed E-state index contributed by atoms with van der Waals surface area (Å²) in [6.45, 7) is 0.614. The van der Waals surface area contributed by atoms with Gasteiger partial charge in [0.05, 0.1) is 6.54 Å². The van der Waals surface area contributed by atoms with Gasteiger partial charge in [0.2, 0.25) is 0 Å². The van der Waals surface area contributed by atoms with Crippen LogP contribution in [0.15, 0.2) is 60.0 Å². The van der Waals surface area contributed by atoms with Gasteiger partial charge in [0.25, 0.3) is 5.92 Å². The summed E-state index contributed by atoms with van der Waals surface area (Å²) in [5.74, 6) is -2.71. The normalized spacial score (nSPS) is 22.3. The van der Waals surface area contributed by atoms with Crippen LogP contribution in [0.3, 0.4) is 0 Å². The van der Waals surface area contributed by atoms with Crippen molar-refractivity contribution >= 4 is 11.4 Å². The molecule has 5 N–H and O–H groups in total. The van der Waals surface area contributed by atoms with Crippen molar-refractivity contribution in [2.24, 2.45) is 5.73 Å². The molecule has 0 unspecified atom stereocenters. The van der Waals surface area contributed by atoms with Crippen LogP contribution in [0.4, 0.5) is 13.2 Å². The Morgan fingerprint density at radius 1 is 1.26 bits per heavy atom. The number of piperidine rings is 1. The smallest absolute Gasteiger partial charge is 0.260 e. The molecule has 0 atom stereocenters. The zero-order valence-corrected chi connectivity index (χ0v) is 14.7. The lowest BCUT2D eigenvalue weighted by Crippen LogP contribution is -2.38. The predicted molar refractivity (Wildman–Crippen MR) is 101 cm³/mol. The van der Waals surface area contributed by atoms with E-state index in [1.165, 1.54) is 6.07 Å². The van der Waals surface area contributed by atoms with Gasteiger partial charge in [-0.25, -0.2) is 13.2 Å². The third-order valence-electron chi connectivity index (χ3n) is 4.37. The van der Waals surface area contributed by atoms with E-state index in [0.717, 1.165) is 23.4 Å². The Morgan fingerprint density at radius 3 is 2.59 bits per heavy atom. The van der Waals surface area contributed by atoms with E-state index in [4.69, 9.17) is 11.1 Å². The number of alkyl halides is 2. The Bertz CT molecular complexity index is 858. The first-order valence-corrected chi connectivity index (χ1v) is 8.67. The number of hydrogen-bond acceptors (Lipinski definition) is 3. The standard InChI is InChI=1S/C15H12FN3.C5H9F2N/c16-12-5-3-4-9-10(14(9)12)8-11(15(17)18)13-6-1-2-7-19-13;6-5(7)2-1-3-8-4-5/h1-8,19H,(H3,17,18);8H,1-4H2/b10-8+,13-11+;. The monoisotopic (exact) mass is 374 g/mol. The van der Waals surface area contributed by atoms with Crippen LogP contribution < -0.4 is 16.4 Å². The van der Waals surface area contributed by atoms with E-state index in [2.05, 4.69) is 10.6 Å². The highest BCUT2D eigenvalue weighted by molar-refractivity contribution is 6.07. The van der Waals surface area contributed by atoms with Gasteiger partial charge in [-0.15, -0.1) is 0 Å². The van der Waals surface area contributed by atoms with Crippen LogP contribution in [0.25, 0.3) is 5.57 Å². The third-order valence-corrected chi connectivity index (χ3v) is 4.37. The number of fused-ring (bicyclic) bond motifs is 1. The number of hydrogen-bond donors (Lipinski definition) is 4. The van der Waals surface area contributed by atoms with Crippen molar-refractivity contribution in [1.29, 1.82) is 5.41 Å². The second kappa shape index (κ2) is 7.84. The number of nitrogens with two attached hydrogens (primary N) is 1. The number of halogens is 3. The van der Waals surface area contributed by atoms with Gasteiger partial charge in [0, 0.05) is 29.5 Å². The van der Waals surface area contributed by atoms with Crippen LogP contribution in [0.2, 0.25) is 0 Å². The molecule has 142 valence electrons. The fourth-order valence-corrected chi connectivity index (χ4v) is 2.95. The molecule has 0 bridgehead atoms. The summed E-state index contributed by atoms with van der Waals surface area (Å²) >= 11 is 0. The van der Waals surface area contributed by atoms with Crippen molar-refractivity contribution in [2.45, 2.75) is 18.8 Å². The second-order valence-corrected chi connectivity index (χ2v) is 6.46. The topological polar surface area (TPSA) is 73.9 Å². The predicted octanol–water partition coefficient (Wildman–Crippen LogP) is 3.44. The van der Waals surface area contributed by atoms with E-state index in [1.54, 1.807) is 18.3 Å². The molecule has 1 fully saturated rings. The molecule has 2 aliphatic heterocycles. The van der Waals surface area contributed by atoms with Crippen LogP contribution in [-0.4, -0.2) is 24.8 Å². The Labute approximate surface area is 155 Å².